The van der Waals surface area contributed by atoms with Gasteiger partial charge in [-0.05, 0) is 24.6 Å². The molecular weight excluding hydrogens is 344 g/mol. The summed E-state index contributed by atoms with van der Waals surface area (Å²) in [6, 6.07) is 5.36. The molecule has 7 heteroatoms. The largest absolute Gasteiger partial charge is 0.371 e. The lowest BCUT2D eigenvalue weighted by Crippen LogP contribution is -2.70. The van der Waals surface area contributed by atoms with Crippen molar-refractivity contribution in [2.45, 2.75) is 44.4 Å². The highest BCUT2D eigenvalue weighted by Crippen LogP contribution is 2.51. The van der Waals surface area contributed by atoms with Crippen LogP contribution in [0, 0.1) is 5.41 Å². The number of allylic oxidation sites excluding steroid dienone is 1. The van der Waals surface area contributed by atoms with Gasteiger partial charge in [-0.1, -0.05) is 39.1 Å². The van der Waals surface area contributed by atoms with E-state index in [0.29, 0.717) is 10.7 Å². The third kappa shape index (κ3) is 2.33. The van der Waals surface area contributed by atoms with Crippen LogP contribution in [0.15, 0.2) is 35.7 Å². The first-order valence-electron chi connectivity index (χ1n) is 7.83. The predicted molar refractivity (Wildman–Crippen MR) is 97.1 cm³/mol. The lowest BCUT2D eigenvalue weighted by Gasteiger charge is -2.56. The Bertz CT molecular complexity index is 810. The smallest absolute Gasteiger partial charge is 0.187 e. The standard InChI is InChI=1S/C17H22N2O3S2/c1-10-13(11-8-6-7-9-18-11)24(20,21)16-12(22-5)15(23)19(16)14(10)17(2,3)4/h6-9,12-13,16H,1-5H3/t12-,13?,16+/m0/s1. The molecule has 1 fully saturated rings. The molecule has 3 rings (SSSR count). The van der Waals surface area contributed by atoms with E-state index in [9.17, 15) is 8.42 Å². The molecule has 1 saturated heterocycles. The Balaban J connectivity index is 2.27. The van der Waals surface area contributed by atoms with Gasteiger partial charge in [0.05, 0.1) is 5.69 Å². The van der Waals surface area contributed by atoms with Crippen LogP contribution in [-0.4, -0.2) is 41.9 Å². The van der Waals surface area contributed by atoms with Crippen LogP contribution in [0.3, 0.4) is 0 Å². The van der Waals surface area contributed by atoms with Gasteiger partial charge in [-0.25, -0.2) is 8.42 Å². The average Bonchev–Trinajstić information content (AvgIpc) is 2.48. The third-order valence-corrected chi connectivity index (χ3v) is 7.40. The van der Waals surface area contributed by atoms with Crippen LogP contribution in [0.5, 0.6) is 0 Å². The first kappa shape index (κ1) is 17.5. The van der Waals surface area contributed by atoms with Gasteiger partial charge in [0.15, 0.2) is 15.2 Å². The minimum atomic E-state index is -3.56. The minimum absolute atomic E-state index is 0.242. The van der Waals surface area contributed by atoms with Crippen LogP contribution in [0.1, 0.15) is 38.6 Å². The number of rotatable bonds is 2. The lowest BCUT2D eigenvalue weighted by molar-refractivity contribution is 0.0668. The molecule has 2 aliphatic heterocycles. The number of sulfone groups is 1. The van der Waals surface area contributed by atoms with Crippen molar-refractivity contribution in [1.29, 1.82) is 0 Å². The van der Waals surface area contributed by atoms with Crippen molar-refractivity contribution in [2.75, 3.05) is 7.11 Å². The molecule has 2 aliphatic rings. The molecule has 130 valence electrons. The number of fused-ring (bicyclic) bond motifs is 1. The molecule has 0 saturated carbocycles. The van der Waals surface area contributed by atoms with E-state index in [-0.39, 0.29) is 5.41 Å². The lowest BCUT2D eigenvalue weighted by atomic mass is 9.84. The summed E-state index contributed by atoms with van der Waals surface area (Å²) in [5.41, 5.74) is 2.04. The van der Waals surface area contributed by atoms with Crippen molar-refractivity contribution in [1.82, 2.24) is 9.88 Å². The van der Waals surface area contributed by atoms with Crippen LogP contribution in [0.4, 0.5) is 0 Å². The molecule has 5 nitrogen and oxygen atoms in total. The second-order valence-corrected chi connectivity index (χ2v) is 9.81. The van der Waals surface area contributed by atoms with E-state index >= 15 is 0 Å². The average molecular weight is 367 g/mol. The number of hydrogen-bond donors (Lipinski definition) is 0. The number of nitrogens with zero attached hydrogens (tertiary/aromatic N) is 2. The summed E-state index contributed by atoms with van der Waals surface area (Å²) in [7, 11) is -2.06. The zero-order chi connectivity index (χ0) is 17.9. The van der Waals surface area contributed by atoms with Gasteiger partial charge in [-0.2, -0.15) is 0 Å². The number of ether oxygens (including phenoxy) is 1. The fraction of sp³-hybridized carbons (Fsp3) is 0.529. The van der Waals surface area contributed by atoms with Gasteiger partial charge in [0.1, 0.15) is 16.3 Å². The Morgan fingerprint density at radius 2 is 1.96 bits per heavy atom. The van der Waals surface area contributed by atoms with Crippen molar-refractivity contribution in [3.63, 3.8) is 0 Å². The van der Waals surface area contributed by atoms with Gasteiger partial charge in [0.25, 0.3) is 0 Å². The fourth-order valence-electron chi connectivity index (χ4n) is 3.79. The Morgan fingerprint density at radius 3 is 2.46 bits per heavy atom. The van der Waals surface area contributed by atoms with E-state index < -0.39 is 26.6 Å². The Morgan fingerprint density at radius 1 is 1.29 bits per heavy atom. The Hall–Kier alpha value is -1.31. The minimum Gasteiger partial charge on any atom is -0.371 e. The molecule has 3 heterocycles. The summed E-state index contributed by atoms with van der Waals surface area (Å²) < 4.78 is 32.0. The molecule has 0 amide bonds. The van der Waals surface area contributed by atoms with E-state index in [4.69, 9.17) is 17.0 Å². The van der Waals surface area contributed by atoms with Crippen molar-refractivity contribution in [3.8, 4) is 0 Å². The number of thiocarbonyl (C=S) groups is 1. The third-order valence-electron chi connectivity index (χ3n) is 4.59. The molecule has 24 heavy (non-hydrogen) atoms. The maximum atomic E-state index is 13.3. The normalized spacial score (nSPS) is 29.3. The van der Waals surface area contributed by atoms with Crippen molar-refractivity contribution in [3.05, 3.63) is 41.4 Å². The molecular formula is C17H22N2O3S2. The summed E-state index contributed by atoms with van der Waals surface area (Å²) in [4.78, 5) is 6.62. The summed E-state index contributed by atoms with van der Waals surface area (Å²) in [6.45, 7) is 8.08. The molecule has 3 atom stereocenters. The van der Waals surface area contributed by atoms with Gasteiger partial charge in [-0.3, -0.25) is 4.98 Å². The highest BCUT2D eigenvalue weighted by atomic mass is 32.2. The van der Waals surface area contributed by atoms with Crippen molar-refractivity contribution < 1.29 is 13.2 Å². The summed E-state index contributed by atoms with van der Waals surface area (Å²) in [6.07, 6.45) is 1.04. The molecule has 0 aliphatic carbocycles. The van der Waals surface area contributed by atoms with E-state index in [1.165, 1.54) is 7.11 Å². The predicted octanol–water partition coefficient (Wildman–Crippen LogP) is 2.86. The zero-order valence-corrected chi connectivity index (χ0v) is 16.1. The van der Waals surface area contributed by atoms with Crippen LogP contribution < -0.4 is 0 Å². The van der Waals surface area contributed by atoms with Crippen LogP contribution >= 0.6 is 12.2 Å². The Labute approximate surface area is 148 Å². The maximum Gasteiger partial charge on any atom is 0.187 e. The molecule has 0 spiro atoms. The topological polar surface area (TPSA) is 59.5 Å². The first-order chi connectivity index (χ1) is 11.1. The van der Waals surface area contributed by atoms with E-state index in [2.05, 4.69) is 25.8 Å². The van der Waals surface area contributed by atoms with Gasteiger partial charge < -0.3 is 9.64 Å². The van der Waals surface area contributed by atoms with Crippen LogP contribution in [0.25, 0.3) is 0 Å². The molecule has 0 N–H and O–H groups in total. The molecule has 1 unspecified atom stereocenters. The van der Waals surface area contributed by atoms with Gasteiger partial charge >= 0.3 is 0 Å². The Kier molecular flexibility index (Phi) is 4.09. The van der Waals surface area contributed by atoms with Gasteiger partial charge in [0.2, 0.25) is 0 Å². The zero-order valence-electron chi connectivity index (χ0n) is 14.5. The molecule has 1 aromatic rings. The van der Waals surface area contributed by atoms with Crippen LogP contribution in [-0.2, 0) is 14.6 Å². The summed E-state index contributed by atoms with van der Waals surface area (Å²) in [5.74, 6) is 0. The highest BCUT2D eigenvalue weighted by Gasteiger charge is 2.61. The van der Waals surface area contributed by atoms with Crippen molar-refractivity contribution in [2.24, 2.45) is 5.41 Å². The molecule has 0 aromatic carbocycles. The number of methoxy groups -OCH3 is 1. The highest BCUT2D eigenvalue weighted by molar-refractivity contribution is 7.93. The second-order valence-electron chi connectivity index (χ2n) is 7.26. The van der Waals surface area contributed by atoms with E-state index in [1.807, 2.05) is 13.0 Å². The second kappa shape index (κ2) is 5.61. The van der Waals surface area contributed by atoms with Gasteiger partial charge in [-0.15, -0.1) is 0 Å². The number of hydrogen-bond acceptors (Lipinski definition) is 5. The van der Waals surface area contributed by atoms with E-state index in [0.717, 1.165) is 11.3 Å². The molecule has 1 aromatic heterocycles. The quantitative estimate of drug-likeness (QED) is 0.750. The van der Waals surface area contributed by atoms with E-state index in [1.54, 1.807) is 23.2 Å². The number of pyridine rings is 1. The first-order valence-corrected chi connectivity index (χ1v) is 9.85. The maximum absolute atomic E-state index is 13.3. The van der Waals surface area contributed by atoms with Crippen LogP contribution in [0.2, 0.25) is 0 Å². The fourth-order valence-corrected chi connectivity index (χ4v) is 6.83. The monoisotopic (exact) mass is 366 g/mol. The number of aromatic nitrogens is 1. The van der Waals surface area contributed by atoms with Gasteiger partial charge in [0, 0.05) is 24.4 Å². The summed E-state index contributed by atoms with van der Waals surface area (Å²) >= 11 is 5.45. The molecule has 0 radical (unpaired) electrons. The SMILES string of the molecule is CO[C@H]1C(=S)N2C(C(C)(C)C)=C(C)C(c3ccccn3)S(=O)(=O)[C@H]12. The summed E-state index contributed by atoms with van der Waals surface area (Å²) in [5, 5.41) is -1.55. The van der Waals surface area contributed by atoms with Crippen molar-refractivity contribution >= 4 is 27.0 Å². The molecule has 0 bridgehead atoms.